The van der Waals surface area contributed by atoms with Crippen molar-refractivity contribution >= 4 is 11.7 Å². The van der Waals surface area contributed by atoms with Crippen LogP contribution in [0.4, 0.5) is 5.82 Å². The number of likely N-dealkylation sites (tertiary alicyclic amines) is 1. The molecule has 1 atom stereocenters. The van der Waals surface area contributed by atoms with Crippen LogP contribution in [-0.2, 0) is 0 Å². The number of aromatic nitrogens is 3. The molecule has 26 heavy (non-hydrogen) atoms. The number of nitrogens with zero attached hydrogens (tertiary/aromatic N) is 4. The third kappa shape index (κ3) is 3.53. The lowest BCUT2D eigenvalue weighted by molar-refractivity contribution is 0.0333. The van der Waals surface area contributed by atoms with Gasteiger partial charge in [0.15, 0.2) is 0 Å². The number of carbonyl (C=O) groups excluding carboxylic acids is 1. The van der Waals surface area contributed by atoms with Gasteiger partial charge in [0.2, 0.25) is 0 Å². The molecule has 2 aliphatic rings. The van der Waals surface area contributed by atoms with E-state index >= 15 is 0 Å². The van der Waals surface area contributed by atoms with Crippen LogP contribution in [0.5, 0.6) is 0 Å². The Labute approximate surface area is 152 Å². The molecule has 0 unspecified atom stereocenters. The van der Waals surface area contributed by atoms with E-state index in [1.165, 1.54) is 6.20 Å². The van der Waals surface area contributed by atoms with Gasteiger partial charge < -0.3 is 15.3 Å². The maximum Gasteiger partial charge on any atom is 0.274 e. The summed E-state index contributed by atoms with van der Waals surface area (Å²) in [4.78, 5) is 27.5. The van der Waals surface area contributed by atoms with Gasteiger partial charge in [0.25, 0.3) is 5.91 Å². The number of hydrogen-bond acceptors (Lipinski definition) is 6. The Morgan fingerprint density at radius 1 is 1.23 bits per heavy atom. The minimum absolute atomic E-state index is 0.0629. The van der Waals surface area contributed by atoms with Gasteiger partial charge >= 0.3 is 0 Å². The third-order valence-electron chi connectivity index (χ3n) is 5.18. The summed E-state index contributed by atoms with van der Waals surface area (Å²) in [6.07, 6.45) is 8.22. The molecule has 2 aromatic rings. The second-order valence-corrected chi connectivity index (χ2v) is 7.05. The fraction of sp³-hybridized carbons (Fsp3) is 0.474. The SMILES string of the molecule is O=C(c1cncc(N[C@H](c2ccccn2)C2CC(O)C2)n1)N1CCCC1. The molecule has 7 nitrogen and oxygen atoms in total. The lowest BCUT2D eigenvalue weighted by atomic mass is 9.76. The van der Waals surface area contributed by atoms with E-state index < -0.39 is 0 Å². The van der Waals surface area contributed by atoms with Gasteiger partial charge in [-0.15, -0.1) is 0 Å². The molecule has 1 aliphatic heterocycles. The molecule has 3 heterocycles. The minimum atomic E-state index is -0.248. The Bertz CT molecular complexity index is 758. The fourth-order valence-electron chi connectivity index (χ4n) is 3.68. The average Bonchev–Trinajstić information content (AvgIpc) is 3.19. The van der Waals surface area contributed by atoms with E-state index in [2.05, 4.69) is 20.3 Å². The zero-order chi connectivity index (χ0) is 17.9. The van der Waals surface area contributed by atoms with Crippen molar-refractivity contribution in [1.82, 2.24) is 19.9 Å². The standard InChI is InChI=1S/C19H23N5O2/c25-14-9-13(10-14)18(15-5-1-2-6-21-15)23-17-12-20-11-16(22-17)19(26)24-7-3-4-8-24/h1-2,5-6,11-14,18,25H,3-4,7-10H2,(H,22,23)/t13?,14?,18-/m0/s1. The molecule has 1 saturated carbocycles. The van der Waals surface area contributed by atoms with E-state index in [1.807, 2.05) is 23.1 Å². The number of pyridine rings is 1. The first-order chi connectivity index (χ1) is 12.7. The maximum atomic E-state index is 12.5. The van der Waals surface area contributed by atoms with Gasteiger partial charge in [-0.25, -0.2) is 4.98 Å². The predicted octanol–water partition coefficient (Wildman–Crippen LogP) is 2.03. The summed E-state index contributed by atoms with van der Waals surface area (Å²) in [6, 6.07) is 5.73. The number of rotatable bonds is 5. The molecule has 0 spiro atoms. The summed E-state index contributed by atoms with van der Waals surface area (Å²) in [6.45, 7) is 1.57. The predicted molar refractivity (Wildman–Crippen MR) is 96.5 cm³/mol. The molecule has 2 N–H and O–H groups in total. The highest BCUT2D eigenvalue weighted by Crippen LogP contribution is 2.39. The molecule has 136 valence electrons. The number of aliphatic hydroxyl groups is 1. The topological polar surface area (TPSA) is 91.2 Å². The van der Waals surface area contributed by atoms with Gasteiger partial charge in [0.05, 0.1) is 30.2 Å². The summed E-state index contributed by atoms with van der Waals surface area (Å²) in [5, 5.41) is 13.1. The zero-order valence-electron chi connectivity index (χ0n) is 14.6. The number of carbonyl (C=O) groups is 1. The van der Waals surface area contributed by atoms with Gasteiger partial charge in [-0.05, 0) is 43.7 Å². The minimum Gasteiger partial charge on any atom is -0.393 e. The Kier molecular flexibility index (Phi) is 4.79. The highest BCUT2D eigenvalue weighted by Gasteiger charge is 2.35. The molecule has 0 bridgehead atoms. The smallest absolute Gasteiger partial charge is 0.274 e. The Morgan fingerprint density at radius 2 is 2.04 bits per heavy atom. The summed E-state index contributed by atoms with van der Waals surface area (Å²) in [5.74, 6) is 0.777. The summed E-state index contributed by atoms with van der Waals surface area (Å²) in [5.41, 5.74) is 1.27. The van der Waals surface area contributed by atoms with Gasteiger partial charge in [-0.1, -0.05) is 6.07 Å². The van der Waals surface area contributed by atoms with Crippen molar-refractivity contribution in [3.63, 3.8) is 0 Å². The summed E-state index contributed by atoms with van der Waals surface area (Å²) in [7, 11) is 0. The van der Waals surface area contributed by atoms with Crippen molar-refractivity contribution in [3.8, 4) is 0 Å². The van der Waals surface area contributed by atoms with E-state index in [4.69, 9.17) is 0 Å². The van der Waals surface area contributed by atoms with Crippen LogP contribution in [0.2, 0.25) is 0 Å². The van der Waals surface area contributed by atoms with Crippen molar-refractivity contribution in [2.75, 3.05) is 18.4 Å². The van der Waals surface area contributed by atoms with Gasteiger partial charge in [0.1, 0.15) is 11.5 Å². The van der Waals surface area contributed by atoms with E-state index in [9.17, 15) is 9.90 Å². The van der Waals surface area contributed by atoms with Crippen LogP contribution in [0, 0.1) is 5.92 Å². The largest absolute Gasteiger partial charge is 0.393 e. The molecule has 7 heteroatoms. The molecule has 0 aromatic carbocycles. The molecular formula is C19H23N5O2. The number of hydrogen-bond donors (Lipinski definition) is 2. The molecule has 1 saturated heterocycles. The van der Waals surface area contributed by atoms with Crippen LogP contribution in [0.3, 0.4) is 0 Å². The maximum absolute atomic E-state index is 12.5. The molecular weight excluding hydrogens is 330 g/mol. The van der Waals surface area contributed by atoms with Gasteiger partial charge in [0, 0.05) is 19.3 Å². The highest BCUT2D eigenvalue weighted by molar-refractivity contribution is 5.92. The first-order valence-corrected chi connectivity index (χ1v) is 9.17. The van der Waals surface area contributed by atoms with Gasteiger partial charge in [-0.3, -0.25) is 14.8 Å². The number of aliphatic hydroxyl groups excluding tert-OH is 1. The lowest BCUT2D eigenvalue weighted by Gasteiger charge is -2.37. The van der Waals surface area contributed by atoms with Crippen LogP contribution < -0.4 is 5.32 Å². The Hall–Kier alpha value is -2.54. The fourth-order valence-corrected chi connectivity index (χ4v) is 3.68. The van der Waals surface area contributed by atoms with E-state index in [-0.39, 0.29) is 24.0 Å². The third-order valence-corrected chi connectivity index (χ3v) is 5.18. The number of nitrogens with one attached hydrogen (secondary N) is 1. The molecule has 2 aromatic heterocycles. The zero-order valence-corrected chi connectivity index (χ0v) is 14.6. The Morgan fingerprint density at radius 3 is 2.73 bits per heavy atom. The molecule has 1 amide bonds. The second-order valence-electron chi connectivity index (χ2n) is 7.05. The average molecular weight is 353 g/mol. The van der Waals surface area contributed by atoms with E-state index in [0.29, 0.717) is 11.5 Å². The highest BCUT2D eigenvalue weighted by atomic mass is 16.3. The van der Waals surface area contributed by atoms with Crippen molar-refractivity contribution < 1.29 is 9.90 Å². The normalized spacial score (nSPS) is 23.3. The number of anilines is 1. The molecule has 4 rings (SSSR count). The van der Waals surface area contributed by atoms with Crippen molar-refractivity contribution in [3.05, 3.63) is 48.2 Å². The van der Waals surface area contributed by atoms with Crippen LogP contribution in [0.15, 0.2) is 36.8 Å². The molecule has 0 radical (unpaired) electrons. The van der Waals surface area contributed by atoms with Crippen molar-refractivity contribution in [2.45, 2.75) is 37.8 Å². The second kappa shape index (κ2) is 7.37. The van der Waals surface area contributed by atoms with Crippen molar-refractivity contribution in [2.24, 2.45) is 5.92 Å². The summed E-state index contributed by atoms with van der Waals surface area (Å²) >= 11 is 0. The van der Waals surface area contributed by atoms with E-state index in [0.717, 1.165) is 44.5 Å². The summed E-state index contributed by atoms with van der Waals surface area (Å²) < 4.78 is 0. The number of amides is 1. The van der Waals surface area contributed by atoms with E-state index in [1.54, 1.807) is 12.4 Å². The Balaban J connectivity index is 1.54. The van der Waals surface area contributed by atoms with Crippen LogP contribution in [-0.4, -0.2) is 50.1 Å². The van der Waals surface area contributed by atoms with Crippen LogP contribution in [0.1, 0.15) is 47.9 Å². The quantitative estimate of drug-likeness (QED) is 0.855. The van der Waals surface area contributed by atoms with Crippen LogP contribution >= 0.6 is 0 Å². The van der Waals surface area contributed by atoms with Crippen molar-refractivity contribution in [1.29, 1.82) is 0 Å². The van der Waals surface area contributed by atoms with Crippen LogP contribution in [0.25, 0.3) is 0 Å². The first-order valence-electron chi connectivity index (χ1n) is 9.17. The lowest BCUT2D eigenvalue weighted by Crippen LogP contribution is -2.36. The van der Waals surface area contributed by atoms with Gasteiger partial charge in [-0.2, -0.15) is 0 Å². The molecule has 1 aliphatic carbocycles. The molecule has 2 fully saturated rings. The monoisotopic (exact) mass is 353 g/mol. The first kappa shape index (κ1) is 16.9.